The number of nitrogens with two attached hydrogens (primary N) is 1. The van der Waals surface area contributed by atoms with Crippen LogP contribution in [-0.4, -0.2) is 53.9 Å². The molecule has 62 valence electrons. The largest absolute Gasteiger partial charge is 2.00 e. The van der Waals surface area contributed by atoms with Gasteiger partial charge < -0.3 is 18.8 Å². The molecule has 0 bridgehead atoms. The minimum atomic E-state index is -1.19. The average Bonchev–Trinajstić information content (AvgIpc) is 1.94. The number of aromatic carboxylic acids is 1. The molecule has 0 amide bonds. The molecule has 4 nitrogen and oxygen atoms in total. The molecule has 0 saturated heterocycles. The molecule has 5 heteroatoms. The standard InChI is InChI=1S/C7H7NO3.Ca.2H/c8-5-3-1-2-4(6(5)9)7(10)11;;;/h1-3,9H,8H2,(H,10,11);;;/q;+2;2*-1. The van der Waals surface area contributed by atoms with E-state index in [4.69, 9.17) is 15.9 Å². The smallest absolute Gasteiger partial charge is 1.00 e. The van der Waals surface area contributed by atoms with Crippen molar-refractivity contribution in [1.82, 2.24) is 0 Å². The van der Waals surface area contributed by atoms with E-state index in [0.29, 0.717) is 0 Å². The van der Waals surface area contributed by atoms with Gasteiger partial charge in [-0.25, -0.2) is 4.79 Å². The van der Waals surface area contributed by atoms with Crippen LogP contribution in [0.15, 0.2) is 18.2 Å². The molecule has 0 heterocycles. The Morgan fingerprint density at radius 2 is 2.08 bits per heavy atom. The summed E-state index contributed by atoms with van der Waals surface area (Å²) in [6.07, 6.45) is 0. The van der Waals surface area contributed by atoms with Crippen LogP contribution >= 0.6 is 0 Å². The van der Waals surface area contributed by atoms with Gasteiger partial charge in [0, 0.05) is 0 Å². The summed E-state index contributed by atoms with van der Waals surface area (Å²) in [7, 11) is 0. The first kappa shape index (κ1) is 11.5. The molecular weight excluding hydrogens is 186 g/mol. The van der Waals surface area contributed by atoms with Crippen molar-refractivity contribution >= 4 is 49.4 Å². The number of para-hydroxylation sites is 1. The van der Waals surface area contributed by atoms with Crippen LogP contribution in [0.4, 0.5) is 5.69 Å². The molecule has 0 spiro atoms. The van der Waals surface area contributed by atoms with E-state index in [-0.39, 0.29) is 57.6 Å². The van der Waals surface area contributed by atoms with E-state index in [0.717, 1.165) is 0 Å². The summed E-state index contributed by atoms with van der Waals surface area (Å²) in [4.78, 5) is 10.4. The number of rotatable bonds is 1. The Morgan fingerprint density at radius 3 is 2.50 bits per heavy atom. The van der Waals surface area contributed by atoms with Crippen LogP contribution in [-0.2, 0) is 0 Å². The van der Waals surface area contributed by atoms with Gasteiger partial charge >= 0.3 is 43.7 Å². The van der Waals surface area contributed by atoms with Crippen molar-refractivity contribution in [2.45, 2.75) is 0 Å². The maximum absolute atomic E-state index is 10.4. The first-order valence-electron chi connectivity index (χ1n) is 2.93. The van der Waals surface area contributed by atoms with E-state index in [1.807, 2.05) is 0 Å². The van der Waals surface area contributed by atoms with Gasteiger partial charge in [0.25, 0.3) is 0 Å². The van der Waals surface area contributed by atoms with Gasteiger partial charge in [0.2, 0.25) is 0 Å². The number of aromatic hydroxyl groups is 1. The van der Waals surface area contributed by atoms with Gasteiger partial charge in [-0.05, 0) is 12.1 Å². The monoisotopic (exact) mass is 195 g/mol. The Labute approximate surface area is 102 Å². The number of hydrogen-bond donors (Lipinski definition) is 3. The molecule has 1 rings (SSSR count). The summed E-state index contributed by atoms with van der Waals surface area (Å²) in [6, 6.07) is 4.19. The predicted octanol–water partition coefficient (Wildman–Crippen LogP) is 0.517. The number of hydrogen-bond acceptors (Lipinski definition) is 3. The van der Waals surface area contributed by atoms with Gasteiger partial charge in [0.15, 0.2) is 5.75 Å². The van der Waals surface area contributed by atoms with E-state index in [1.165, 1.54) is 18.2 Å². The molecule has 4 N–H and O–H groups in total. The summed E-state index contributed by atoms with van der Waals surface area (Å²) < 4.78 is 0. The Balaban J connectivity index is -0.000000403. The first-order chi connectivity index (χ1) is 5.13. The van der Waals surface area contributed by atoms with Crippen molar-refractivity contribution in [2.75, 3.05) is 5.73 Å². The minimum absolute atomic E-state index is 0. The number of carboxylic acid groups (broad SMARTS) is 1. The molecule has 0 aromatic heterocycles. The molecule has 0 saturated carbocycles. The van der Waals surface area contributed by atoms with Crippen LogP contribution < -0.4 is 5.73 Å². The topological polar surface area (TPSA) is 83.6 Å². The third-order valence-corrected chi connectivity index (χ3v) is 1.30. The van der Waals surface area contributed by atoms with Crippen molar-refractivity contribution in [3.8, 4) is 5.75 Å². The second-order valence-corrected chi connectivity index (χ2v) is 2.05. The maximum atomic E-state index is 10.4. The Kier molecular flexibility index (Phi) is 4.37. The minimum Gasteiger partial charge on any atom is -1.00 e. The van der Waals surface area contributed by atoms with E-state index >= 15 is 0 Å². The number of benzene rings is 1. The summed E-state index contributed by atoms with van der Waals surface area (Å²) in [5.74, 6) is -1.56. The van der Waals surface area contributed by atoms with Crippen molar-refractivity contribution in [3.63, 3.8) is 0 Å². The van der Waals surface area contributed by atoms with Crippen molar-refractivity contribution < 1.29 is 17.9 Å². The zero-order valence-corrected chi connectivity index (χ0v) is 8.53. The third kappa shape index (κ3) is 2.27. The van der Waals surface area contributed by atoms with Gasteiger partial charge in [-0.3, -0.25) is 0 Å². The Bertz CT molecular complexity index is 309. The van der Waals surface area contributed by atoms with Crippen molar-refractivity contribution in [3.05, 3.63) is 23.8 Å². The molecule has 0 radical (unpaired) electrons. The summed E-state index contributed by atoms with van der Waals surface area (Å²) >= 11 is 0. The quantitative estimate of drug-likeness (QED) is 0.346. The van der Waals surface area contributed by atoms with Crippen LogP contribution in [0.2, 0.25) is 0 Å². The normalized spacial score (nSPS) is 8.67. The number of nitrogen functional groups attached to an aromatic ring is 1. The van der Waals surface area contributed by atoms with E-state index in [1.54, 1.807) is 0 Å². The molecule has 0 aliphatic rings. The molecule has 12 heavy (non-hydrogen) atoms. The van der Waals surface area contributed by atoms with E-state index in [9.17, 15) is 4.79 Å². The molecule has 0 aliphatic heterocycles. The summed E-state index contributed by atoms with van der Waals surface area (Å²) in [6.45, 7) is 0. The Morgan fingerprint density at radius 1 is 1.50 bits per heavy atom. The van der Waals surface area contributed by atoms with Gasteiger partial charge in [-0.15, -0.1) is 0 Å². The molecule has 0 aliphatic carbocycles. The molecule has 0 fully saturated rings. The van der Waals surface area contributed by atoms with Crippen molar-refractivity contribution in [2.24, 2.45) is 0 Å². The SMILES string of the molecule is Nc1cccc(C(=O)O)c1O.[Ca+2].[H-].[H-]. The van der Waals surface area contributed by atoms with Crippen LogP contribution in [0.1, 0.15) is 13.2 Å². The molecule has 0 unspecified atom stereocenters. The summed E-state index contributed by atoms with van der Waals surface area (Å²) in [5, 5.41) is 17.5. The summed E-state index contributed by atoms with van der Waals surface area (Å²) in [5.41, 5.74) is 5.14. The number of anilines is 1. The second-order valence-electron chi connectivity index (χ2n) is 2.05. The number of carboxylic acids is 1. The third-order valence-electron chi connectivity index (χ3n) is 1.30. The first-order valence-corrected chi connectivity index (χ1v) is 2.93. The fraction of sp³-hybridized carbons (Fsp3) is 0. The fourth-order valence-corrected chi connectivity index (χ4v) is 0.734. The second kappa shape index (κ2) is 4.54. The van der Waals surface area contributed by atoms with Gasteiger partial charge in [-0.1, -0.05) is 6.07 Å². The fourth-order valence-electron chi connectivity index (χ4n) is 0.734. The van der Waals surface area contributed by atoms with E-state index in [2.05, 4.69) is 0 Å². The van der Waals surface area contributed by atoms with Gasteiger partial charge in [0.1, 0.15) is 5.56 Å². The molecule has 1 aromatic rings. The number of carbonyl (C=O) groups is 1. The van der Waals surface area contributed by atoms with Gasteiger partial charge in [0.05, 0.1) is 5.69 Å². The van der Waals surface area contributed by atoms with Crippen LogP contribution in [0.5, 0.6) is 5.75 Å². The number of phenols is 1. The zero-order chi connectivity index (χ0) is 8.43. The molecular formula is C7H9CaNO3. The van der Waals surface area contributed by atoms with Crippen LogP contribution in [0.3, 0.4) is 0 Å². The average molecular weight is 195 g/mol. The van der Waals surface area contributed by atoms with Gasteiger partial charge in [-0.2, -0.15) is 0 Å². The maximum Gasteiger partial charge on any atom is 2.00 e. The molecule has 0 atom stereocenters. The van der Waals surface area contributed by atoms with Crippen LogP contribution in [0.25, 0.3) is 0 Å². The van der Waals surface area contributed by atoms with Crippen molar-refractivity contribution in [1.29, 1.82) is 0 Å². The zero-order valence-electron chi connectivity index (χ0n) is 8.32. The Hall–Kier alpha value is -0.450. The predicted molar refractivity (Wildman–Crippen MR) is 47.5 cm³/mol. The molecule has 1 aromatic carbocycles. The van der Waals surface area contributed by atoms with E-state index < -0.39 is 5.97 Å². The van der Waals surface area contributed by atoms with Crippen LogP contribution in [0, 0.1) is 0 Å².